The van der Waals surface area contributed by atoms with Gasteiger partial charge in [0.25, 0.3) is 0 Å². The van der Waals surface area contributed by atoms with E-state index in [1.165, 1.54) is 0 Å². The SMILES string of the molecule is CC(C)(O)CCC=O.CC1(C)CCC(O)O1. The highest BCUT2D eigenvalue weighted by Crippen LogP contribution is 2.27. The van der Waals surface area contributed by atoms with Gasteiger partial charge in [-0.25, -0.2) is 0 Å². The van der Waals surface area contributed by atoms with Crippen LogP contribution in [0.5, 0.6) is 0 Å². The summed E-state index contributed by atoms with van der Waals surface area (Å²) in [5.74, 6) is 0. The first-order valence-electron chi connectivity index (χ1n) is 5.68. The van der Waals surface area contributed by atoms with Crippen LogP contribution < -0.4 is 0 Å². The Hall–Kier alpha value is -0.450. The molecule has 1 atom stereocenters. The van der Waals surface area contributed by atoms with Crippen LogP contribution in [0.4, 0.5) is 0 Å². The van der Waals surface area contributed by atoms with Crippen LogP contribution in [0.25, 0.3) is 0 Å². The summed E-state index contributed by atoms with van der Waals surface area (Å²) >= 11 is 0. The summed E-state index contributed by atoms with van der Waals surface area (Å²) < 4.78 is 5.10. The molecule has 0 aromatic carbocycles. The third-order valence-corrected chi connectivity index (χ3v) is 2.32. The van der Waals surface area contributed by atoms with Crippen molar-refractivity contribution < 1.29 is 19.7 Å². The highest BCUT2D eigenvalue weighted by Gasteiger charge is 2.29. The number of aliphatic hydroxyl groups excluding tert-OH is 1. The maximum absolute atomic E-state index is 9.74. The Labute approximate surface area is 97.6 Å². The molecule has 1 rings (SSSR count). The standard InChI is InChI=1S/2C6H12O2/c1-6(2)4-3-5(7)8-6;1-6(2,8)4-3-5-7/h5,7H,3-4H2,1-2H3;5,8H,3-4H2,1-2H3. The zero-order valence-corrected chi connectivity index (χ0v) is 10.7. The average molecular weight is 232 g/mol. The Morgan fingerprint density at radius 2 is 2.06 bits per heavy atom. The number of carbonyl (C=O) groups excluding carboxylic acids is 1. The molecule has 2 N–H and O–H groups in total. The Morgan fingerprint density at radius 1 is 1.50 bits per heavy atom. The fourth-order valence-electron chi connectivity index (χ4n) is 1.37. The second-order valence-corrected chi connectivity index (χ2v) is 5.39. The molecule has 96 valence electrons. The van der Waals surface area contributed by atoms with Gasteiger partial charge in [-0.05, 0) is 40.5 Å². The van der Waals surface area contributed by atoms with Crippen LogP contribution in [0.3, 0.4) is 0 Å². The second-order valence-electron chi connectivity index (χ2n) is 5.39. The van der Waals surface area contributed by atoms with Crippen LogP contribution in [-0.2, 0) is 9.53 Å². The summed E-state index contributed by atoms with van der Waals surface area (Å²) in [5, 5.41) is 17.8. The summed E-state index contributed by atoms with van der Waals surface area (Å²) in [7, 11) is 0. The summed E-state index contributed by atoms with van der Waals surface area (Å²) in [5.41, 5.74) is -0.764. The van der Waals surface area contributed by atoms with Crippen molar-refractivity contribution in [1.82, 2.24) is 0 Å². The van der Waals surface area contributed by atoms with E-state index < -0.39 is 11.9 Å². The molecule has 1 heterocycles. The zero-order valence-electron chi connectivity index (χ0n) is 10.7. The minimum absolute atomic E-state index is 0.0839. The first-order valence-corrected chi connectivity index (χ1v) is 5.68. The zero-order chi connectivity index (χ0) is 12.8. The first-order chi connectivity index (χ1) is 7.16. The van der Waals surface area contributed by atoms with E-state index in [0.717, 1.165) is 19.1 Å². The minimum atomic E-state index is -0.680. The van der Waals surface area contributed by atoms with Crippen molar-refractivity contribution in [3.8, 4) is 0 Å². The molecule has 0 spiro atoms. The molecule has 1 aliphatic heterocycles. The minimum Gasteiger partial charge on any atom is -0.390 e. The molecule has 0 aromatic rings. The molecule has 1 fully saturated rings. The lowest BCUT2D eigenvalue weighted by Gasteiger charge is -2.15. The molecule has 1 unspecified atom stereocenters. The van der Waals surface area contributed by atoms with Crippen molar-refractivity contribution in [3.05, 3.63) is 0 Å². The molecular weight excluding hydrogens is 208 g/mol. The van der Waals surface area contributed by atoms with Gasteiger partial charge in [0.2, 0.25) is 0 Å². The number of hydrogen-bond acceptors (Lipinski definition) is 4. The van der Waals surface area contributed by atoms with Crippen molar-refractivity contribution in [1.29, 1.82) is 0 Å². The highest BCUT2D eigenvalue weighted by molar-refractivity contribution is 5.49. The number of ether oxygens (including phenoxy) is 1. The van der Waals surface area contributed by atoms with E-state index in [9.17, 15) is 4.79 Å². The Kier molecular flexibility index (Phi) is 6.15. The molecular formula is C12H24O4. The van der Waals surface area contributed by atoms with Gasteiger partial charge in [-0.15, -0.1) is 0 Å². The third kappa shape index (κ3) is 8.83. The second kappa shape index (κ2) is 6.33. The topological polar surface area (TPSA) is 66.8 Å². The smallest absolute Gasteiger partial charge is 0.155 e. The van der Waals surface area contributed by atoms with E-state index in [2.05, 4.69) is 0 Å². The van der Waals surface area contributed by atoms with Gasteiger partial charge in [0.05, 0.1) is 11.2 Å². The van der Waals surface area contributed by atoms with Crippen molar-refractivity contribution in [2.45, 2.75) is 70.9 Å². The molecule has 0 saturated carbocycles. The average Bonchev–Trinajstić information content (AvgIpc) is 2.40. The molecule has 1 saturated heterocycles. The highest BCUT2D eigenvalue weighted by atomic mass is 16.6. The van der Waals surface area contributed by atoms with E-state index in [0.29, 0.717) is 12.8 Å². The van der Waals surface area contributed by atoms with Crippen molar-refractivity contribution in [3.63, 3.8) is 0 Å². The lowest BCUT2D eigenvalue weighted by atomic mass is 10.0. The monoisotopic (exact) mass is 232 g/mol. The first kappa shape index (κ1) is 15.6. The van der Waals surface area contributed by atoms with Crippen LogP contribution in [0.2, 0.25) is 0 Å². The molecule has 0 radical (unpaired) electrons. The fraction of sp³-hybridized carbons (Fsp3) is 0.917. The third-order valence-electron chi connectivity index (χ3n) is 2.32. The number of aldehydes is 1. The maximum Gasteiger partial charge on any atom is 0.155 e. The number of rotatable bonds is 3. The van der Waals surface area contributed by atoms with Crippen LogP contribution in [0.1, 0.15) is 53.4 Å². The molecule has 4 nitrogen and oxygen atoms in total. The maximum atomic E-state index is 9.74. The van der Waals surface area contributed by atoms with Crippen molar-refractivity contribution >= 4 is 6.29 Å². The molecule has 1 aliphatic rings. The predicted molar refractivity (Wildman–Crippen MR) is 62.0 cm³/mol. The fourth-order valence-corrected chi connectivity index (χ4v) is 1.37. The van der Waals surface area contributed by atoms with Crippen LogP contribution in [0, 0.1) is 0 Å². The molecule has 4 heteroatoms. The summed E-state index contributed by atoms with van der Waals surface area (Å²) in [4.78, 5) is 9.74. The molecule has 16 heavy (non-hydrogen) atoms. The van der Waals surface area contributed by atoms with Gasteiger partial charge in [0, 0.05) is 12.8 Å². The molecule has 0 bridgehead atoms. The molecule has 0 aliphatic carbocycles. The van der Waals surface area contributed by atoms with E-state index in [4.69, 9.17) is 14.9 Å². The van der Waals surface area contributed by atoms with Gasteiger partial charge in [-0.2, -0.15) is 0 Å². The number of aliphatic hydroxyl groups is 2. The Balaban J connectivity index is 0.000000281. The lowest BCUT2D eigenvalue weighted by molar-refractivity contribution is -0.122. The van der Waals surface area contributed by atoms with E-state index in [1.54, 1.807) is 13.8 Å². The van der Waals surface area contributed by atoms with Crippen molar-refractivity contribution in [2.75, 3.05) is 0 Å². The summed E-state index contributed by atoms with van der Waals surface area (Å²) in [6.07, 6.45) is 3.06. The van der Waals surface area contributed by atoms with Crippen LogP contribution >= 0.6 is 0 Å². The van der Waals surface area contributed by atoms with Gasteiger partial charge >= 0.3 is 0 Å². The van der Waals surface area contributed by atoms with Gasteiger partial charge in [0.1, 0.15) is 6.29 Å². The van der Waals surface area contributed by atoms with Gasteiger partial charge in [-0.1, -0.05) is 0 Å². The van der Waals surface area contributed by atoms with Gasteiger partial charge in [0.15, 0.2) is 6.29 Å². The molecule has 0 aromatic heterocycles. The van der Waals surface area contributed by atoms with Gasteiger partial charge < -0.3 is 19.7 Å². The van der Waals surface area contributed by atoms with E-state index >= 15 is 0 Å². The van der Waals surface area contributed by atoms with Crippen LogP contribution in [0.15, 0.2) is 0 Å². The summed E-state index contributed by atoms with van der Waals surface area (Å²) in [6.45, 7) is 7.36. The summed E-state index contributed by atoms with van der Waals surface area (Å²) in [6, 6.07) is 0. The van der Waals surface area contributed by atoms with Crippen molar-refractivity contribution in [2.24, 2.45) is 0 Å². The van der Waals surface area contributed by atoms with E-state index in [-0.39, 0.29) is 5.60 Å². The largest absolute Gasteiger partial charge is 0.390 e. The van der Waals surface area contributed by atoms with Crippen LogP contribution in [-0.4, -0.2) is 34.0 Å². The number of hydrogen-bond donors (Lipinski definition) is 2. The Morgan fingerprint density at radius 3 is 2.19 bits per heavy atom. The molecule has 0 amide bonds. The number of carbonyl (C=O) groups is 1. The lowest BCUT2D eigenvalue weighted by Crippen LogP contribution is -2.19. The van der Waals surface area contributed by atoms with E-state index in [1.807, 2.05) is 13.8 Å². The quantitative estimate of drug-likeness (QED) is 0.726. The Bertz CT molecular complexity index is 206. The van der Waals surface area contributed by atoms with Gasteiger partial charge in [-0.3, -0.25) is 0 Å². The predicted octanol–water partition coefficient (Wildman–Crippen LogP) is 1.63. The normalized spacial score (nSPS) is 23.5.